The molecule has 0 aromatic carbocycles. The summed E-state index contributed by atoms with van der Waals surface area (Å²) in [7, 11) is -1.87. The molecule has 1 unspecified atom stereocenters. The molecule has 1 aromatic rings. The number of piperidine rings is 1. The molecule has 0 radical (unpaired) electrons. The molecule has 1 aliphatic rings. The van der Waals surface area contributed by atoms with Crippen LogP contribution in [0.1, 0.15) is 19.3 Å². The highest BCUT2D eigenvalue weighted by Gasteiger charge is 2.33. The molecule has 2 N–H and O–H groups in total. The van der Waals surface area contributed by atoms with E-state index in [1.807, 2.05) is 0 Å². The zero-order chi connectivity index (χ0) is 13.9. The molecule has 106 valence electrons. The number of sulfonamides is 1. The summed E-state index contributed by atoms with van der Waals surface area (Å²) in [5, 5.41) is 12.2. The fraction of sp³-hybridized carbons (Fsp3) is 0.583. The molecule has 1 saturated heterocycles. The van der Waals surface area contributed by atoms with Crippen LogP contribution in [0.5, 0.6) is 0 Å². The predicted molar refractivity (Wildman–Crippen MR) is 72.4 cm³/mol. The van der Waals surface area contributed by atoms with E-state index >= 15 is 0 Å². The van der Waals surface area contributed by atoms with Crippen molar-refractivity contribution in [1.82, 2.24) is 9.29 Å². The Hall–Kier alpha value is -1.18. The average Bonchev–Trinajstić information content (AvgIpc) is 2.47. The van der Waals surface area contributed by atoms with Gasteiger partial charge in [0.2, 0.25) is 10.0 Å². The minimum Gasteiger partial charge on any atom is -0.395 e. The third-order valence-corrected chi connectivity index (χ3v) is 5.33. The third-order valence-electron chi connectivity index (χ3n) is 3.38. The molecule has 7 heteroatoms. The molecule has 1 fully saturated rings. The molecule has 1 atom stereocenters. The lowest BCUT2D eigenvalue weighted by molar-refractivity contribution is 0.155. The Morgan fingerprint density at radius 2 is 2.32 bits per heavy atom. The summed E-state index contributed by atoms with van der Waals surface area (Å²) in [5.74, 6) is 0.513. The Labute approximate surface area is 113 Å². The van der Waals surface area contributed by atoms with Gasteiger partial charge in [-0.05, 0) is 18.9 Å². The van der Waals surface area contributed by atoms with E-state index in [9.17, 15) is 13.5 Å². The highest BCUT2D eigenvalue weighted by molar-refractivity contribution is 7.89. The summed E-state index contributed by atoms with van der Waals surface area (Å²) in [6, 6.07) is 2.68. The van der Waals surface area contributed by atoms with Crippen LogP contribution in [0.2, 0.25) is 0 Å². The van der Waals surface area contributed by atoms with Gasteiger partial charge in [-0.15, -0.1) is 0 Å². The van der Waals surface area contributed by atoms with Gasteiger partial charge < -0.3 is 10.4 Å². The van der Waals surface area contributed by atoms with Crippen molar-refractivity contribution in [2.45, 2.75) is 30.2 Å². The number of nitrogens with one attached hydrogen (secondary N) is 1. The lowest BCUT2D eigenvalue weighted by atomic mass is 10.1. The molecular formula is C12H19N3O3S. The van der Waals surface area contributed by atoms with Crippen molar-refractivity contribution < 1.29 is 13.5 Å². The van der Waals surface area contributed by atoms with Gasteiger partial charge in [-0.25, -0.2) is 13.4 Å². The van der Waals surface area contributed by atoms with Crippen molar-refractivity contribution >= 4 is 15.8 Å². The topological polar surface area (TPSA) is 82.5 Å². The molecule has 2 rings (SSSR count). The second-order valence-corrected chi connectivity index (χ2v) is 6.47. The van der Waals surface area contributed by atoms with Crippen LogP contribution in [-0.4, -0.2) is 49.1 Å². The van der Waals surface area contributed by atoms with Crippen molar-refractivity contribution in [2.75, 3.05) is 25.5 Å². The summed E-state index contributed by atoms with van der Waals surface area (Å²) in [4.78, 5) is 4.23. The molecule has 0 bridgehead atoms. The predicted octanol–water partition coefficient (Wildman–Crippen LogP) is 0.659. The quantitative estimate of drug-likeness (QED) is 0.849. The van der Waals surface area contributed by atoms with E-state index in [0.717, 1.165) is 12.8 Å². The average molecular weight is 285 g/mol. The lowest BCUT2D eigenvalue weighted by Gasteiger charge is -2.33. The van der Waals surface area contributed by atoms with E-state index in [0.29, 0.717) is 18.8 Å². The molecule has 2 heterocycles. The van der Waals surface area contributed by atoms with Gasteiger partial charge in [-0.1, -0.05) is 6.42 Å². The van der Waals surface area contributed by atoms with E-state index in [2.05, 4.69) is 10.3 Å². The Bertz CT molecular complexity index is 533. The normalized spacial score (nSPS) is 21.3. The van der Waals surface area contributed by atoms with Crippen LogP contribution >= 0.6 is 0 Å². The van der Waals surface area contributed by atoms with Crippen LogP contribution in [0.25, 0.3) is 0 Å². The first-order valence-electron chi connectivity index (χ1n) is 6.36. The van der Waals surface area contributed by atoms with Crippen LogP contribution in [0.4, 0.5) is 5.82 Å². The number of aliphatic hydroxyl groups excluding tert-OH is 1. The Morgan fingerprint density at radius 1 is 1.53 bits per heavy atom. The van der Waals surface area contributed by atoms with E-state index in [1.165, 1.54) is 22.6 Å². The minimum absolute atomic E-state index is 0.136. The maximum absolute atomic E-state index is 12.6. The van der Waals surface area contributed by atoms with Crippen LogP contribution in [-0.2, 0) is 10.0 Å². The number of hydrogen-bond acceptors (Lipinski definition) is 5. The number of hydrogen-bond donors (Lipinski definition) is 2. The number of aromatic nitrogens is 1. The summed E-state index contributed by atoms with van der Waals surface area (Å²) in [5.41, 5.74) is 0. The molecule has 0 amide bonds. The highest BCUT2D eigenvalue weighted by Crippen LogP contribution is 2.25. The zero-order valence-corrected chi connectivity index (χ0v) is 11.7. The molecular weight excluding hydrogens is 266 g/mol. The van der Waals surface area contributed by atoms with Gasteiger partial charge in [0, 0.05) is 31.9 Å². The number of nitrogens with zero attached hydrogens (tertiary/aromatic N) is 2. The fourth-order valence-corrected chi connectivity index (χ4v) is 4.01. The monoisotopic (exact) mass is 285 g/mol. The number of pyridine rings is 1. The van der Waals surface area contributed by atoms with Gasteiger partial charge >= 0.3 is 0 Å². The Morgan fingerprint density at radius 3 is 3.00 bits per heavy atom. The van der Waals surface area contributed by atoms with Gasteiger partial charge in [-0.3, -0.25) is 0 Å². The first kappa shape index (κ1) is 14.2. The first-order valence-corrected chi connectivity index (χ1v) is 7.80. The van der Waals surface area contributed by atoms with Gasteiger partial charge in [0.05, 0.1) is 11.5 Å². The second-order valence-electron chi connectivity index (χ2n) is 4.57. The number of rotatable bonds is 4. The number of aliphatic hydroxyl groups is 1. The van der Waals surface area contributed by atoms with Crippen molar-refractivity contribution in [2.24, 2.45) is 0 Å². The summed E-state index contributed by atoms with van der Waals surface area (Å²) >= 11 is 0. The fourth-order valence-electron chi connectivity index (χ4n) is 2.32. The van der Waals surface area contributed by atoms with Crippen LogP contribution < -0.4 is 5.32 Å². The van der Waals surface area contributed by atoms with E-state index < -0.39 is 10.0 Å². The van der Waals surface area contributed by atoms with Crippen molar-refractivity contribution in [3.8, 4) is 0 Å². The smallest absolute Gasteiger partial charge is 0.243 e. The third kappa shape index (κ3) is 2.88. The standard InChI is InChI=1S/C12H19N3O3S/c1-13-12-8-11(5-6-14-12)19(17,18)15-7-3-2-4-10(15)9-16/h5-6,8,10,16H,2-4,7,9H2,1H3,(H,13,14). The van der Waals surface area contributed by atoms with Crippen LogP contribution in [0, 0.1) is 0 Å². The maximum Gasteiger partial charge on any atom is 0.243 e. The minimum atomic E-state index is -3.56. The zero-order valence-electron chi connectivity index (χ0n) is 10.9. The molecule has 0 spiro atoms. The largest absolute Gasteiger partial charge is 0.395 e. The Balaban J connectivity index is 2.34. The van der Waals surface area contributed by atoms with Gasteiger partial charge in [0.1, 0.15) is 5.82 Å². The van der Waals surface area contributed by atoms with Crippen molar-refractivity contribution in [3.05, 3.63) is 18.3 Å². The Kier molecular flexibility index (Phi) is 4.38. The summed E-state index contributed by atoms with van der Waals surface area (Å²) < 4.78 is 26.6. The molecule has 6 nitrogen and oxygen atoms in total. The molecule has 19 heavy (non-hydrogen) atoms. The molecule has 1 aromatic heterocycles. The SMILES string of the molecule is CNc1cc(S(=O)(=O)N2CCCCC2CO)ccn1. The molecule has 0 saturated carbocycles. The maximum atomic E-state index is 12.6. The van der Waals surface area contributed by atoms with Crippen LogP contribution in [0.3, 0.4) is 0 Å². The summed E-state index contributed by atoms with van der Waals surface area (Å²) in [6.07, 6.45) is 3.96. The second kappa shape index (κ2) is 5.85. The van der Waals surface area contributed by atoms with E-state index in [1.54, 1.807) is 7.05 Å². The lowest BCUT2D eigenvalue weighted by Crippen LogP contribution is -2.45. The summed E-state index contributed by atoms with van der Waals surface area (Å²) in [6.45, 7) is 0.327. The van der Waals surface area contributed by atoms with E-state index in [-0.39, 0.29) is 17.5 Å². The van der Waals surface area contributed by atoms with E-state index in [4.69, 9.17) is 0 Å². The highest BCUT2D eigenvalue weighted by atomic mass is 32.2. The van der Waals surface area contributed by atoms with Crippen molar-refractivity contribution in [3.63, 3.8) is 0 Å². The first-order chi connectivity index (χ1) is 9.09. The van der Waals surface area contributed by atoms with Crippen LogP contribution in [0.15, 0.2) is 23.2 Å². The van der Waals surface area contributed by atoms with Gasteiger partial charge in [0.15, 0.2) is 0 Å². The molecule has 0 aliphatic carbocycles. The number of anilines is 1. The van der Waals surface area contributed by atoms with Crippen molar-refractivity contribution in [1.29, 1.82) is 0 Å². The van der Waals surface area contributed by atoms with Gasteiger partial charge in [0.25, 0.3) is 0 Å². The van der Waals surface area contributed by atoms with Gasteiger partial charge in [-0.2, -0.15) is 4.31 Å². The molecule has 1 aliphatic heterocycles.